The van der Waals surface area contributed by atoms with Crippen LogP contribution in [-0.2, 0) is 14.3 Å². The van der Waals surface area contributed by atoms with Crippen LogP contribution in [0.1, 0.15) is 44.0 Å². The van der Waals surface area contributed by atoms with Crippen LogP contribution in [0.25, 0.3) is 0 Å². The molecule has 1 aliphatic heterocycles. The minimum Gasteiger partial charge on any atom is -0.494 e. The van der Waals surface area contributed by atoms with Gasteiger partial charge in [0.1, 0.15) is 12.4 Å². The van der Waals surface area contributed by atoms with E-state index >= 15 is 0 Å². The molecule has 0 saturated carbocycles. The molecule has 0 spiro atoms. The molecule has 1 aliphatic rings. The molecule has 1 heterocycles. The molecule has 0 aromatic heterocycles. The van der Waals surface area contributed by atoms with Crippen LogP contribution in [0.4, 0.5) is 4.79 Å². The largest absolute Gasteiger partial charge is 0.494 e. The number of amides is 2. The van der Waals surface area contributed by atoms with Crippen molar-refractivity contribution in [2.75, 3.05) is 19.8 Å². The van der Waals surface area contributed by atoms with Gasteiger partial charge in [-0.1, -0.05) is 13.3 Å². The zero-order chi connectivity index (χ0) is 20.5. The molecule has 2 amide bonds. The van der Waals surface area contributed by atoms with Gasteiger partial charge in [-0.15, -0.1) is 0 Å². The van der Waals surface area contributed by atoms with Crippen LogP contribution in [-0.4, -0.2) is 43.8 Å². The van der Waals surface area contributed by atoms with Gasteiger partial charge in [-0.2, -0.15) is 0 Å². The fourth-order valence-electron chi connectivity index (χ4n) is 2.64. The molecule has 8 nitrogen and oxygen atoms in total. The minimum absolute atomic E-state index is 0.197. The highest BCUT2D eigenvalue weighted by Gasteiger charge is 2.30. The Morgan fingerprint density at radius 2 is 1.79 bits per heavy atom. The number of benzene rings is 1. The van der Waals surface area contributed by atoms with Crippen molar-refractivity contribution in [2.45, 2.75) is 39.7 Å². The van der Waals surface area contributed by atoms with Crippen molar-refractivity contribution in [1.82, 2.24) is 10.6 Å². The quantitative estimate of drug-likeness (QED) is 0.496. The van der Waals surface area contributed by atoms with Crippen molar-refractivity contribution in [2.24, 2.45) is 0 Å². The summed E-state index contributed by atoms with van der Waals surface area (Å²) in [6.07, 6.45) is 2.00. The van der Waals surface area contributed by atoms with Crippen LogP contribution >= 0.6 is 0 Å². The number of urea groups is 1. The van der Waals surface area contributed by atoms with E-state index in [1.54, 1.807) is 38.1 Å². The second-order valence-electron chi connectivity index (χ2n) is 6.24. The number of carbonyl (C=O) groups is 3. The Hall–Kier alpha value is -3.03. The molecule has 0 radical (unpaired) electrons. The van der Waals surface area contributed by atoms with Gasteiger partial charge in [-0.3, -0.25) is 0 Å². The van der Waals surface area contributed by atoms with Crippen molar-refractivity contribution in [3.8, 4) is 5.75 Å². The van der Waals surface area contributed by atoms with Crippen molar-refractivity contribution in [3.63, 3.8) is 0 Å². The summed E-state index contributed by atoms with van der Waals surface area (Å²) in [4.78, 5) is 36.2. The summed E-state index contributed by atoms with van der Waals surface area (Å²) in [5, 5.41) is 5.09. The molecule has 0 bridgehead atoms. The summed E-state index contributed by atoms with van der Waals surface area (Å²) < 4.78 is 15.9. The predicted molar refractivity (Wildman–Crippen MR) is 102 cm³/mol. The van der Waals surface area contributed by atoms with E-state index < -0.39 is 24.0 Å². The number of rotatable bonds is 9. The molecule has 1 aromatic rings. The molecule has 1 atom stereocenters. The standard InChI is InChI=1S/C20H26N2O6/c1-4-6-11-27-15-9-7-14(8-10-15)18(23)28-12-16-17(19(24)26-5-2)13(3)21-20(25)22-16/h7-10,13H,4-6,11-12H2,1-3H3,(H2,21,22,25)/t13-/m0/s1. The van der Waals surface area contributed by atoms with Gasteiger partial charge in [0.2, 0.25) is 0 Å². The fraction of sp³-hybridized carbons (Fsp3) is 0.450. The van der Waals surface area contributed by atoms with Crippen molar-refractivity contribution < 1.29 is 28.6 Å². The Balaban J connectivity index is 2.03. The number of hydrogen-bond donors (Lipinski definition) is 2. The third-order valence-electron chi connectivity index (χ3n) is 4.07. The van der Waals surface area contributed by atoms with Gasteiger partial charge in [-0.25, -0.2) is 14.4 Å². The fourth-order valence-corrected chi connectivity index (χ4v) is 2.64. The van der Waals surface area contributed by atoms with Crippen LogP contribution in [0.15, 0.2) is 35.5 Å². The lowest BCUT2D eigenvalue weighted by atomic mass is 10.0. The SMILES string of the molecule is CCCCOc1ccc(C(=O)OCC2=C(C(=O)OCC)[C@H](C)NC(=O)N2)cc1. The highest BCUT2D eigenvalue weighted by atomic mass is 16.5. The zero-order valence-electron chi connectivity index (χ0n) is 16.4. The first-order chi connectivity index (χ1) is 13.5. The molecular formula is C20H26N2O6. The lowest BCUT2D eigenvalue weighted by Gasteiger charge is -2.26. The lowest BCUT2D eigenvalue weighted by Crippen LogP contribution is -2.50. The molecule has 2 rings (SSSR count). The highest BCUT2D eigenvalue weighted by molar-refractivity contribution is 5.95. The molecule has 1 aromatic carbocycles. The molecule has 8 heteroatoms. The molecular weight excluding hydrogens is 364 g/mol. The number of esters is 2. The summed E-state index contributed by atoms with van der Waals surface area (Å²) in [5.41, 5.74) is 0.783. The van der Waals surface area contributed by atoms with E-state index in [0.29, 0.717) is 17.9 Å². The smallest absolute Gasteiger partial charge is 0.338 e. The molecule has 0 saturated heterocycles. The van der Waals surface area contributed by atoms with Gasteiger partial charge in [0.15, 0.2) is 0 Å². The summed E-state index contributed by atoms with van der Waals surface area (Å²) in [6, 6.07) is 5.58. The average molecular weight is 390 g/mol. The lowest BCUT2D eigenvalue weighted by molar-refractivity contribution is -0.139. The van der Waals surface area contributed by atoms with Gasteiger partial charge < -0.3 is 24.8 Å². The number of ether oxygens (including phenoxy) is 3. The van der Waals surface area contributed by atoms with Gasteiger partial charge in [-0.05, 0) is 44.5 Å². The van der Waals surface area contributed by atoms with Crippen LogP contribution in [0.5, 0.6) is 5.75 Å². The Morgan fingerprint density at radius 3 is 2.43 bits per heavy atom. The maximum Gasteiger partial charge on any atom is 0.338 e. The number of nitrogens with one attached hydrogen (secondary N) is 2. The first kappa shape index (κ1) is 21.3. The first-order valence-electron chi connectivity index (χ1n) is 9.33. The Morgan fingerprint density at radius 1 is 1.07 bits per heavy atom. The van der Waals surface area contributed by atoms with E-state index in [1.165, 1.54) is 0 Å². The normalized spacial score (nSPS) is 16.1. The van der Waals surface area contributed by atoms with E-state index in [-0.39, 0.29) is 24.5 Å². The number of carbonyl (C=O) groups excluding carboxylic acids is 3. The molecule has 2 N–H and O–H groups in total. The summed E-state index contributed by atoms with van der Waals surface area (Å²) in [5.74, 6) is -0.463. The Kier molecular flexibility index (Phi) is 7.86. The van der Waals surface area contributed by atoms with Crippen molar-refractivity contribution in [3.05, 3.63) is 41.1 Å². The van der Waals surface area contributed by atoms with Gasteiger partial charge in [0, 0.05) is 0 Å². The van der Waals surface area contributed by atoms with Crippen LogP contribution < -0.4 is 15.4 Å². The van der Waals surface area contributed by atoms with E-state index in [9.17, 15) is 14.4 Å². The number of unbranched alkanes of at least 4 members (excludes halogenated alkanes) is 1. The van der Waals surface area contributed by atoms with Crippen molar-refractivity contribution in [1.29, 1.82) is 0 Å². The third kappa shape index (κ3) is 5.73. The van der Waals surface area contributed by atoms with Gasteiger partial charge in [0.25, 0.3) is 0 Å². The number of hydrogen-bond acceptors (Lipinski definition) is 6. The third-order valence-corrected chi connectivity index (χ3v) is 4.07. The zero-order valence-corrected chi connectivity index (χ0v) is 16.4. The second kappa shape index (κ2) is 10.3. The van der Waals surface area contributed by atoms with Gasteiger partial charge >= 0.3 is 18.0 Å². The van der Waals surface area contributed by atoms with E-state index in [1.807, 2.05) is 0 Å². The summed E-state index contributed by atoms with van der Waals surface area (Å²) in [7, 11) is 0. The maximum absolute atomic E-state index is 12.3. The van der Waals surface area contributed by atoms with Gasteiger partial charge in [0.05, 0.1) is 36.1 Å². The molecule has 28 heavy (non-hydrogen) atoms. The summed E-state index contributed by atoms with van der Waals surface area (Å²) in [6.45, 7) is 5.99. The Bertz CT molecular complexity index is 742. The average Bonchev–Trinajstić information content (AvgIpc) is 2.66. The first-order valence-corrected chi connectivity index (χ1v) is 9.33. The van der Waals surface area contributed by atoms with E-state index in [0.717, 1.165) is 12.8 Å². The molecule has 0 aliphatic carbocycles. The predicted octanol–water partition coefficient (Wildman–Crippen LogP) is 2.54. The minimum atomic E-state index is -0.573. The monoisotopic (exact) mass is 390 g/mol. The molecule has 0 fully saturated rings. The van der Waals surface area contributed by atoms with Crippen LogP contribution in [0.2, 0.25) is 0 Å². The topological polar surface area (TPSA) is 103 Å². The molecule has 152 valence electrons. The van der Waals surface area contributed by atoms with Crippen LogP contribution in [0, 0.1) is 0 Å². The van der Waals surface area contributed by atoms with E-state index in [4.69, 9.17) is 14.2 Å². The molecule has 0 unspecified atom stereocenters. The maximum atomic E-state index is 12.3. The highest BCUT2D eigenvalue weighted by Crippen LogP contribution is 2.17. The van der Waals surface area contributed by atoms with Crippen LogP contribution in [0.3, 0.4) is 0 Å². The second-order valence-corrected chi connectivity index (χ2v) is 6.24. The summed E-state index contributed by atoms with van der Waals surface area (Å²) >= 11 is 0. The van der Waals surface area contributed by atoms with E-state index in [2.05, 4.69) is 17.6 Å². The van der Waals surface area contributed by atoms with Crippen molar-refractivity contribution >= 4 is 18.0 Å². The Labute approximate surface area is 164 Å².